The second-order valence-corrected chi connectivity index (χ2v) is 5.87. The molecule has 0 saturated carbocycles. The van der Waals surface area contributed by atoms with Gasteiger partial charge >= 0.3 is 0 Å². The average Bonchev–Trinajstić information content (AvgIpc) is 3.20. The number of aromatic amines is 1. The quantitative estimate of drug-likeness (QED) is 0.616. The number of hydrogen-bond acceptors (Lipinski definition) is 3. The largest absolute Gasteiger partial charge is 0.335 e. The van der Waals surface area contributed by atoms with Gasteiger partial charge in [-0.15, -0.1) is 5.10 Å². The zero-order chi connectivity index (χ0) is 16.5. The number of H-pyrrole nitrogens is 1. The molecule has 0 bridgehead atoms. The summed E-state index contributed by atoms with van der Waals surface area (Å²) in [7, 11) is 0. The zero-order valence-corrected chi connectivity index (χ0v) is 13.3. The molecule has 0 radical (unpaired) electrons. The van der Waals surface area contributed by atoms with Crippen LogP contribution in [0.1, 0.15) is 11.3 Å². The highest BCUT2D eigenvalue weighted by Crippen LogP contribution is 2.30. The molecular weight excluding hydrogens is 322 g/mol. The smallest absolute Gasteiger partial charge is 0.191 e. The summed E-state index contributed by atoms with van der Waals surface area (Å²) < 4.78 is 2.12. The molecule has 24 heavy (non-hydrogen) atoms. The van der Waals surface area contributed by atoms with Crippen LogP contribution in [0.25, 0.3) is 22.3 Å². The van der Waals surface area contributed by atoms with Crippen LogP contribution in [-0.4, -0.2) is 20.0 Å². The number of hydrogen-bond donors (Lipinski definition) is 1. The van der Waals surface area contributed by atoms with Crippen LogP contribution in [0.4, 0.5) is 0 Å². The number of nitrogens with zero attached hydrogens (tertiary/aromatic N) is 4. The first-order valence-electron chi connectivity index (χ1n) is 7.40. The third-order valence-electron chi connectivity index (χ3n) is 3.94. The van der Waals surface area contributed by atoms with E-state index >= 15 is 0 Å². The molecule has 6 heteroatoms. The Balaban J connectivity index is 1.95. The van der Waals surface area contributed by atoms with Gasteiger partial charge in [-0.2, -0.15) is 15.6 Å². The first kappa shape index (κ1) is 14.5. The fraction of sp³-hybridized carbons (Fsp3) is 0.0556. The topological polar surface area (TPSA) is 70.3 Å². The van der Waals surface area contributed by atoms with Gasteiger partial charge in [0.15, 0.2) is 5.69 Å². The number of aromatic nitrogens is 4. The summed E-state index contributed by atoms with van der Waals surface area (Å²) in [5.41, 5.74) is 3.85. The van der Waals surface area contributed by atoms with Crippen molar-refractivity contribution in [3.8, 4) is 17.5 Å². The Morgan fingerprint density at radius 1 is 1.08 bits per heavy atom. The van der Waals surface area contributed by atoms with Crippen molar-refractivity contribution in [2.24, 2.45) is 0 Å². The molecule has 0 aliphatic carbocycles. The van der Waals surface area contributed by atoms with E-state index in [0.717, 1.165) is 22.2 Å². The monoisotopic (exact) mass is 333 g/mol. The molecular formula is C18H12ClN5. The standard InChI is InChI=1S/C18H12ClN5/c19-14-6-7-16-13(8-14)9-17(18-15(10-20)21-23-22-18)24(16)11-12-4-2-1-3-5-12/h1-9H,11H2,(H,21,22,23). The molecule has 0 unspecified atom stereocenters. The molecule has 0 amide bonds. The molecule has 1 N–H and O–H groups in total. The number of nitrogens with one attached hydrogen (secondary N) is 1. The summed E-state index contributed by atoms with van der Waals surface area (Å²) in [5.74, 6) is 0. The lowest BCUT2D eigenvalue weighted by atomic mass is 10.2. The summed E-state index contributed by atoms with van der Waals surface area (Å²) in [6.07, 6.45) is 0. The van der Waals surface area contributed by atoms with E-state index in [1.165, 1.54) is 0 Å². The first-order chi connectivity index (χ1) is 11.8. The van der Waals surface area contributed by atoms with Crippen molar-refractivity contribution < 1.29 is 0 Å². The fourth-order valence-electron chi connectivity index (χ4n) is 2.86. The molecule has 5 nitrogen and oxygen atoms in total. The SMILES string of the molecule is N#Cc1n[nH]nc1-c1cc2cc(Cl)ccc2n1Cc1ccccc1. The van der Waals surface area contributed by atoms with E-state index in [-0.39, 0.29) is 5.69 Å². The highest BCUT2D eigenvalue weighted by molar-refractivity contribution is 6.31. The second-order valence-electron chi connectivity index (χ2n) is 5.44. The molecule has 0 aliphatic heterocycles. The van der Waals surface area contributed by atoms with Crippen LogP contribution < -0.4 is 0 Å². The van der Waals surface area contributed by atoms with Crippen molar-refractivity contribution >= 4 is 22.5 Å². The van der Waals surface area contributed by atoms with Gasteiger partial charge in [-0.1, -0.05) is 41.9 Å². The number of nitriles is 1. The van der Waals surface area contributed by atoms with Crippen molar-refractivity contribution in [2.45, 2.75) is 6.54 Å². The Hall–Kier alpha value is -3.10. The van der Waals surface area contributed by atoms with Gasteiger partial charge in [-0.25, -0.2) is 0 Å². The third-order valence-corrected chi connectivity index (χ3v) is 4.18. The van der Waals surface area contributed by atoms with E-state index < -0.39 is 0 Å². The number of halogens is 1. The van der Waals surface area contributed by atoms with Gasteiger partial charge in [0, 0.05) is 22.5 Å². The van der Waals surface area contributed by atoms with Crippen molar-refractivity contribution in [1.29, 1.82) is 5.26 Å². The molecule has 2 aromatic carbocycles. The summed E-state index contributed by atoms with van der Waals surface area (Å²) in [5, 5.41) is 21.5. The summed E-state index contributed by atoms with van der Waals surface area (Å²) >= 11 is 6.13. The van der Waals surface area contributed by atoms with E-state index in [1.807, 2.05) is 42.5 Å². The number of fused-ring (bicyclic) bond motifs is 1. The maximum absolute atomic E-state index is 9.27. The molecule has 0 fully saturated rings. The predicted octanol–water partition coefficient (Wildman–Crippen LogP) is 4.00. The minimum absolute atomic E-state index is 0.276. The minimum Gasteiger partial charge on any atom is -0.335 e. The molecule has 0 spiro atoms. The van der Waals surface area contributed by atoms with Gasteiger partial charge in [0.1, 0.15) is 11.8 Å². The van der Waals surface area contributed by atoms with Gasteiger partial charge in [0.05, 0.1) is 5.69 Å². The molecule has 2 aromatic heterocycles. The van der Waals surface area contributed by atoms with Crippen molar-refractivity contribution in [1.82, 2.24) is 20.0 Å². The molecule has 116 valence electrons. The van der Waals surface area contributed by atoms with Gasteiger partial charge in [0.25, 0.3) is 0 Å². The summed E-state index contributed by atoms with van der Waals surface area (Å²) in [4.78, 5) is 0. The van der Waals surface area contributed by atoms with Crippen LogP contribution in [0.15, 0.2) is 54.6 Å². The van der Waals surface area contributed by atoms with Crippen LogP contribution in [0.5, 0.6) is 0 Å². The maximum atomic E-state index is 9.27. The average molecular weight is 334 g/mol. The van der Waals surface area contributed by atoms with E-state index in [1.54, 1.807) is 0 Å². The lowest BCUT2D eigenvalue weighted by Crippen LogP contribution is -2.02. The molecule has 4 aromatic rings. The van der Waals surface area contributed by atoms with Crippen molar-refractivity contribution in [2.75, 3.05) is 0 Å². The molecule has 2 heterocycles. The highest BCUT2D eigenvalue weighted by Gasteiger charge is 2.17. The fourth-order valence-corrected chi connectivity index (χ4v) is 3.04. The normalized spacial score (nSPS) is 10.8. The predicted molar refractivity (Wildman–Crippen MR) is 92.6 cm³/mol. The van der Waals surface area contributed by atoms with Gasteiger partial charge < -0.3 is 4.57 Å². The van der Waals surface area contributed by atoms with Crippen LogP contribution in [-0.2, 0) is 6.54 Å². The zero-order valence-electron chi connectivity index (χ0n) is 12.6. The van der Waals surface area contributed by atoms with Crippen LogP contribution >= 0.6 is 11.6 Å². The van der Waals surface area contributed by atoms with E-state index in [9.17, 15) is 5.26 Å². The maximum Gasteiger partial charge on any atom is 0.191 e. The van der Waals surface area contributed by atoms with Crippen molar-refractivity contribution in [3.05, 3.63) is 70.9 Å². The number of benzene rings is 2. The molecule has 4 rings (SSSR count). The van der Waals surface area contributed by atoms with Gasteiger partial charge in [0.2, 0.25) is 0 Å². The van der Waals surface area contributed by atoms with Crippen molar-refractivity contribution in [3.63, 3.8) is 0 Å². The third kappa shape index (κ3) is 2.43. The lowest BCUT2D eigenvalue weighted by molar-refractivity contribution is 0.839. The molecule has 0 atom stereocenters. The Kier molecular flexibility index (Phi) is 3.52. The number of rotatable bonds is 3. The molecule has 0 aliphatic rings. The molecule has 0 saturated heterocycles. The Labute approximate surface area is 143 Å². The Morgan fingerprint density at radius 2 is 1.92 bits per heavy atom. The van der Waals surface area contributed by atoms with E-state index in [0.29, 0.717) is 17.3 Å². The second kappa shape index (κ2) is 5.84. The van der Waals surface area contributed by atoms with E-state index in [4.69, 9.17) is 11.6 Å². The van der Waals surface area contributed by atoms with Gasteiger partial charge in [-0.05, 0) is 29.8 Å². The lowest BCUT2D eigenvalue weighted by Gasteiger charge is -2.10. The van der Waals surface area contributed by atoms with Crippen LogP contribution in [0, 0.1) is 11.3 Å². The van der Waals surface area contributed by atoms with E-state index in [2.05, 4.69) is 38.2 Å². The van der Waals surface area contributed by atoms with Crippen LogP contribution in [0.2, 0.25) is 5.02 Å². The summed E-state index contributed by atoms with van der Waals surface area (Å²) in [6.45, 7) is 0.666. The Morgan fingerprint density at radius 3 is 2.71 bits per heavy atom. The van der Waals surface area contributed by atoms with Gasteiger partial charge in [-0.3, -0.25) is 0 Å². The first-order valence-corrected chi connectivity index (χ1v) is 7.78. The summed E-state index contributed by atoms with van der Waals surface area (Å²) in [6, 6.07) is 20.0. The Bertz CT molecular complexity index is 1060. The highest BCUT2D eigenvalue weighted by atomic mass is 35.5. The van der Waals surface area contributed by atoms with Crippen LogP contribution in [0.3, 0.4) is 0 Å². The minimum atomic E-state index is 0.276.